The van der Waals surface area contributed by atoms with Crippen molar-refractivity contribution < 1.29 is 19.1 Å². The van der Waals surface area contributed by atoms with Crippen LogP contribution in [0.2, 0.25) is 0 Å². The van der Waals surface area contributed by atoms with Crippen LogP contribution in [-0.2, 0) is 4.79 Å². The van der Waals surface area contributed by atoms with Crippen molar-refractivity contribution in [2.45, 2.75) is 33.2 Å². The van der Waals surface area contributed by atoms with E-state index in [4.69, 9.17) is 9.47 Å². The Morgan fingerprint density at radius 1 is 1.06 bits per heavy atom. The van der Waals surface area contributed by atoms with Gasteiger partial charge < -0.3 is 20.1 Å². The number of carbonyl (C=O) groups is 2. The molecule has 0 aliphatic heterocycles. The highest BCUT2D eigenvalue weighted by Crippen LogP contribution is 2.29. The fourth-order valence-corrected chi connectivity index (χ4v) is 3.93. The number of benzene rings is 2. The molecule has 180 valence electrons. The molecule has 0 bridgehead atoms. The summed E-state index contributed by atoms with van der Waals surface area (Å²) < 4.78 is 10.8. The number of urea groups is 1. The SMILES string of the molecule is CCOc1ccccc1NC(=O)NC(C(=O)Nc1nnc(-c2cccc(OC)c2)s1)C(C)CC. The molecule has 3 rings (SSSR count). The minimum Gasteiger partial charge on any atom is -0.497 e. The third-order valence-electron chi connectivity index (χ3n) is 5.19. The van der Waals surface area contributed by atoms with Crippen LogP contribution < -0.4 is 25.4 Å². The summed E-state index contributed by atoms with van der Waals surface area (Å²) in [6, 6.07) is 13.3. The van der Waals surface area contributed by atoms with Crippen LogP contribution in [0.5, 0.6) is 11.5 Å². The second-order valence-electron chi connectivity index (χ2n) is 7.52. The monoisotopic (exact) mass is 483 g/mol. The zero-order chi connectivity index (χ0) is 24.5. The molecule has 1 aromatic heterocycles. The zero-order valence-electron chi connectivity index (χ0n) is 19.6. The van der Waals surface area contributed by atoms with Gasteiger partial charge in [-0.2, -0.15) is 0 Å². The second-order valence-corrected chi connectivity index (χ2v) is 8.50. The molecule has 2 aromatic carbocycles. The van der Waals surface area contributed by atoms with Crippen molar-refractivity contribution in [2.24, 2.45) is 5.92 Å². The molecule has 0 aliphatic rings. The fraction of sp³-hybridized carbons (Fsp3) is 0.333. The lowest BCUT2D eigenvalue weighted by molar-refractivity contribution is -0.119. The van der Waals surface area contributed by atoms with E-state index in [1.54, 1.807) is 25.3 Å². The van der Waals surface area contributed by atoms with Gasteiger partial charge in [-0.1, -0.05) is 55.9 Å². The fourth-order valence-electron chi connectivity index (χ4n) is 3.18. The van der Waals surface area contributed by atoms with E-state index >= 15 is 0 Å². The van der Waals surface area contributed by atoms with Gasteiger partial charge in [0.05, 0.1) is 19.4 Å². The molecule has 3 amide bonds. The topological polar surface area (TPSA) is 114 Å². The number of amides is 3. The van der Waals surface area contributed by atoms with Gasteiger partial charge in [-0.25, -0.2) is 4.79 Å². The van der Waals surface area contributed by atoms with Crippen LogP contribution in [-0.4, -0.2) is 41.9 Å². The largest absolute Gasteiger partial charge is 0.497 e. The van der Waals surface area contributed by atoms with Gasteiger partial charge in [0.2, 0.25) is 11.0 Å². The predicted molar refractivity (Wildman–Crippen MR) is 134 cm³/mol. The van der Waals surface area contributed by atoms with Crippen LogP contribution in [0.1, 0.15) is 27.2 Å². The molecule has 34 heavy (non-hydrogen) atoms. The third kappa shape index (κ3) is 6.44. The van der Waals surface area contributed by atoms with Gasteiger partial charge in [-0.15, -0.1) is 10.2 Å². The first kappa shape index (κ1) is 25.0. The maximum absolute atomic E-state index is 13.1. The van der Waals surface area contributed by atoms with Gasteiger partial charge in [0, 0.05) is 5.56 Å². The van der Waals surface area contributed by atoms with E-state index in [1.165, 1.54) is 11.3 Å². The number of hydrogen-bond acceptors (Lipinski definition) is 7. The average Bonchev–Trinajstić information content (AvgIpc) is 3.32. The van der Waals surface area contributed by atoms with Crippen LogP contribution in [0.3, 0.4) is 0 Å². The third-order valence-corrected chi connectivity index (χ3v) is 6.08. The molecule has 0 saturated heterocycles. The summed E-state index contributed by atoms with van der Waals surface area (Å²) in [4.78, 5) is 25.8. The zero-order valence-corrected chi connectivity index (χ0v) is 20.4. The molecule has 0 spiro atoms. The number of nitrogens with zero attached hydrogens (tertiary/aromatic N) is 2. The Morgan fingerprint density at radius 2 is 1.85 bits per heavy atom. The van der Waals surface area contributed by atoms with Crippen LogP contribution in [0.25, 0.3) is 10.6 Å². The van der Waals surface area contributed by atoms with Gasteiger partial charge >= 0.3 is 6.03 Å². The number of aromatic nitrogens is 2. The lowest BCUT2D eigenvalue weighted by atomic mass is 9.98. The molecule has 0 saturated carbocycles. The predicted octanol–water partition coefficient (Wildman–Crippen LogP) is 4.79. The molecule has 2 unspecified atom stereocenters. The van der Waals surface area contributed by atoms with Crippen LogP contribution in [0.4, 0.5) is 15.6 Å². The Labute approximate surface area is 202 Å². The van der Waals surface area contributed by atoms with Crippen molar-refractivity contribution in [3.8, 4) is 22.1 Å². The summed E-state index contributed by atoms with van der Waals surface area (Å²) in [7, 11) is 1.60. The Balaban J connectivity index is 1.69. The highest BCUT2D eigenvalue weighted by molar-refractivity contribution is 7.18. The van der Waals surface area contributed by atoms with E-state index in [0.717, 1.165) is 5.56 Å². The highest BCUT2D eigenvalue weighted by Gasteiger charge is 2.27. The molecule has 1 heterocycles. The lowest BCUT2D eigenvalue weighted by Crippen LogP contribution is -2.49. The van der Waals surface area contributed by atoms with Crippen LogP contribution >= 0.6 is 11.3 Å². The Bertz CT molecular complexity index is 1120. The highest BCUT2D eigenvalue weighted by atomic mass is 32.1. The average molecular weight is 484 g/mol. The molecule has 3 N–H and O–H groups in total. The first-order valence-corrected chi connectivity index (χ1v) is 11.8. The molecule has 0 aliphatic carbocycles. The Hall–Kier alpha value is -3.66. The number of anilines is 2. The molecular weight excluding hydrogens is 454 g/mol. The first-order chi connectivity index (χ1) is 16.4. The number of hydrogen-bond donors (Lipinski definition) is 3. The van der Waals surface area contributed by atoms with Gasteiger partial charge in [0.25, 0.3) is 0 Å². The van der Waals surface area contributed by atoms with E-state index < -0.39 is 12.1 Å². The van der Waals surface area contributed by atoms with Crippen molar-refractivity contribution in [1.29, 1.82) is 0 Å². The van der Waals surface area contributed by atoms with Gasteiger partial charge in [0.15, 0.2) is 0 Å². The van der Waals surface area contributed by atoms with Crippen molar-refractivity contribution in [3.63, 3.8) is 0 Å². The van der Waals surface area contributed by atoms with Crippen molar-refractivity contribution >= 4 is 34.1 Å². The summed E-state index contributed by atoms with van der Waals surface area (Å²) in [5.74, 6) is 0.787. The molecule has 3 aromatic rings. The first-order valence-electron chi connectivity index (χ1n) is 11.0. The van der Waals surface area contributed by atoms with Gasteiger partial charge in [0.1, 0.15) is 22.5 Å². The molecule has 0 radical (unpaired) electrons. The summed E-state index contributed by atoms with van der Waals surface area (Å²) in [6.07, 6.45) is 0.694. The molecule has 0 fully saturated rings. The van der Waals surface area contributed by atoms with Gasteiger partial charge in [-0.3, -0.25) is 10.1 Å². The molecule has 9 nitrogen and oxygen atoms in total. The summed E-state index contributed by atoms with van der Waals surface area (Å²) in [5, 5.41) is 17.6. The van der Waals surface area contributed by atoms with Crippen LogP contribution in [0.15, 0.2) is 48.5 Å². The molecule has 10 heteroatoms. The van der Waals surface area contributed by atoms with Crippen LogP contribution in [0, 0.1) is 5.92 Å². The quantitative estimate of drug-likeness (QED) is 0.382. The minimum absolute atomic E-state index is 0.112. The number of carbonyl (C=O) groups excluding carboxylic acids is 2. The van der Waals surface area contributed by atoms with Crippen molar-refractivity contribution in [3.05, 3.63) is 48.5 Å². The number of ether oxygens (including phenoxy) is 2. The van der Waals surface area contributed by atoms with E-state index in [9.17, 15) is 9.59 Å². The van der Waals surface area contributed by atoms with E-state index in [0.29, 0.717) is 40.4 Å². The maximum Gasteiger partial charge on any atom is 0.320 e. The Kier molecular flexibility index (Phi) is 8.80. The van der Waals surface area contributed by atoms with E-state index in [1.807, 2.05) is 51.1 Å². The Morgan fingerprint density at radius 3 is 2.59 bits per heavy atom. The smallest absolute Gasteiger partial charge is 0.320 e. The molecular formula is C24H29N5O4S. The number of rotatable bonds is 10. The lowest BCUT2D eigenvalue weighted by Gasteiger charge is -2.23. The molecule has 2 atom stereocenters. The maximum atomic E-state index is 13.1. The summed E-state index contributed by atoms with van der Waals surface area (Å²) >= 11 is 1.24. The van der Waals surface area contributed by atoms with Crippen molar-refractivity contribution in [1.82, 2.24) is 15.5 Å². The summed E-state index contributed by atoms with van der Waals surface area (Å²) in [6.45, 7) is 6.20. The number of methoxy groups -OCH3 is 1. The van der Waals surface area contributed by atoms with Gasteiger partial charge in [-0.05, 0) is 37.1 Å². The second kappa shape index (κ2) is 12.0. The minimum atomic E-state index is -0.770. The van der Waals surface area contributed by atoms with Crippen molar-refractivity contribution in [2.75, 3.05) is 24.4 Å². The van der Waals surface area contributed by atoms with E-state index in [2.05, 4.69) is 26.1 Å². The summed E-state index contributed by atoms with van der Waals surface area (Å²) in [5.41, 5.74) is 1.36. The normalized spacial score (nSPS) is 12.4. The number of para-hydroxylation sites is 2. The standard InChI is InChI=1S/C24H29N5O4S/c1-5-15(3)20(26-23(31)25-18-12-7-8-13-19(18)33-6-2)21(30)27-24-29-28-22(34-24)16-10-9-11-17(14-16)32-4/h7-15,20H,5-6H2,1-4H3,(H2,25,26,31)(H,27,29,30). The van der Waals surface area contributed by atoms with E-state index in [-0.39, 0.29) is 11.8 Å². The number of nitrogens with one attached hydrogen (secondary N) is 3.